The minimum atomic E-state index is -0.329. The van der Waals surface area contributed by atoms with Crippen molar-refractivity contribution in [1.29, 1.82) is 0 Å². The lowest BCUT2D eigenvalue weighted by molar-refractivity contribution is 0.0954. The number of amides is 1. The number of carbonyl (C=O) groups is 1. The molecule has 0 atom stereocenters. The van der Waals surface area contributed by atoms with Gasteiger partial charge < -0.3 is 14.2 Å². The highest BCUT2D eigenvalue weighted by Gasteiger charge is 2.11. The zero-order valence-electron chi connectivity index (χ0n) is 16.3. The van der Waals surface area contributed by atoms with Crippen LogP contribution in [-0.2, 0) is 0 Å². The molecular weight excluding hydrogens is 356 g/mol. The minimum Gasteiger partial charge on any atom is -0.490 e. The molecule has 1 amide bonds. The van der Waals surface area contributed by atoms with Crippen molar-refractivity contribution < 1.29 is 19.0 Å². The second-order valence-electron chi connectivity index (χ2n) is 5.81. The van der Waals surface area contributed by atoms with E-state index in [9.17, 15) is 4.79 Å². The van der Waals surface area contributed by atoms with Crippen LogP contribution in [0, 0.1) is 0 Å². The second-order valence-corrected chi connectivity index (χ2v) is 5.81. The van der Waals surface area contributed by atoms with Gasteiger partial charge in [0.1, 0.15) is 12.4 Å². The Morgan fingerprint density at radius 3 is 2.54 bits per heavy atom. The minimum absolute atomic E-state index is 0.329. The SMILES string of the molecule is C=CCOc1ccc(/C=N/NC(=O)c2ccc(OCCC)c(OCC)c2)cc1. The highest BCUT2D eigenvalue weighted by Crippen LogP contribution is 2.28. The molecule has 0 aliphatic heterocycles. The van der Waals surface area contributed by atoms with Crippen molar-refractivity contribution in [3.8, 4) is 17.2 Å². The highest BCUT2D eigenvalue weighted by atomic mass is 16.5. The van der Waals surface area contributed by atoms with Gasteiger partial charge in [0.25, 0.3) is 5.91 Å². The molecule has 2 aromatic rings. The summed E-state index contributed by atoms with van der Waals surface area (Å²) >= 11 is 0. The summed E-state index contributed by atoms with van der Waals surface area (Å²) < 4.78 is 16.6. The van der Waals surface area contributed by atoms with Crippen LogP contribution in [0.3, 0.4) is 0 Å². The summed E-state index contributed by atoms with van der Waals surface area (Å²) in [6.45, 7) is 9.05. The van der Waals surface area contributed by atoms with Gasteiger partial charge in [0.05, 0.1) is 19.4 Å². The maximum absolute atomic E-state index is 12.3. The number of benzene rings is 2. The molecule has 6 nitrogen and oxygen atoms in total. The number of carbonyl (C=O) groups excluding carboxylic acids is 1. The summed E-state index contributed by atoms with van der Waals surface area (Å²) in [7, 11) is 0. The lowest BCUT2D eigenvalue weighted by atomic mass is 10.2. The van der Waals surface area contributed by atoms with Crippen molar-refractivity contribution >= 4 is 12.1 Å². The van der Waals surface area contributed by atoms with Crippen LogP contribution in [-0.4, -0.2) is 31.9 Å². The molecule has 0 aromatic heterocycles. The topological polar surface area (TPSA) is 69.2 Å². The Bertz CT molecular complexity index is 801. The van der Waals surface area contributed by atoms with Gasteiger partial charge in [-0.2, -0.15) is 5.10 Å². The maximum atomic E-state index is 12.3. The Labute approximate surface area is 165 Å². The first-order chi connectivity index (χ1) is 13.7. The summed E-state index contributed by atoms with van der Waals surface area (Å²) in [5, 5.41) is 4.00. The Kier molecular flexibility index (Phi) is 8.59. The summed E-state index contributed by atoms with van der Waals surface area (Å²) in [6, 6.07) is 12.4. The molecule has 0 radical (unpaired) electrons. The average molecular weight is 382 g/mol. The molecule has 0 unspecified atom stereocenters. The van der Waals surface area contributed by atoms with Crippen molar-refractivity contribution in [3.63, 3.8) is 0 Å². The third-order valence-electron chi connectivity index (χ3n) is 3.60. The van der Waals surface area contributed by atoms with Gasteiger partial charge in [0, 0.05) is 5.56 Å². The molecule has 0 aliphatic carbocycles. The number of hydrogen-bond donors (Lipinski definition) is 1. The van der Waals surface area contributed by atoms with Gasteiger partial charge in [0.2, 0.25) is 0 Å². The van der Waals surface area contributed by atoms with Gasteiger partial charge >= 0.3 is 0 Å². The zero-order chi connectivity index (χ0) is 20.2. The summed E-state index contributed by atoms with van der Waals surface area (Å²) in [5.41, 5.74) is 3.80. The molecule has 2 aromatic carbocycles. The Balaban J connectivity index is 1.98. The van der Waals surface area contributed by atoms with E-state index in [4.69, 9.17) is 14.2 Å². The number of nitrogens with zero attached hydrogens (tertiary/aromatic N) is 1. The van der Waals surface area contributed by atoms with Crippen molar-refractivity contribution in [3.05, 3.63) is 66.2 Å². The number of hydrogen-bond acceptors (Lipinski definition) is 5. The van der Waals surface area contributed by atoms with Crippen LogP contribution in [0.5, 0.6) is 17.2 Å². The predicted octanol–water partition coefficient (Wildman–Crippen LogP) is 4.20. The molecule has 0 aliphatic rings. The average Bonchev–Trinajstić information content (AvgIpc) is 2.72. The first-order valence-corrected chi connectivity index (χ1v) is 9.24. The lowest BCUT2D eigenvalue weighted by Crippen LogP contribution is -2.17. The van der Waals surface area contributed by atoms with Crippen LogP contribution < -0.4 is 19.6 Å². The van der Waals surface area contributed by atoms with Crippen molar-refractivity contribution in [2.75, 3.05) is 19.8 Å². The smallest absolute Gasteiger partial charge is 0.271 e. The van der Waals surface area contributed by atoms with Crippen molar-refractivity contribution in [2.24, 2.45) is 5.10 Å². The molecule has 6 heteroatoms. The number of nitrogens with one attached hydrogen (secondary N) is 1. The third-order valence-corrected chi connectivity index (χ3v) is 3.60. The van der Waals surface area contributed by atoms with Crippen LogP contribution in [0.2, 0.25) is 0 Å². The molecule has 0 heterocycles. The van der Waals surface area contributed by atoms with Gasteiger partial charge in [-0.1, -0.05) is 19.6 Å². The summed E-state index contributed by atoms with van der Waals surface area (Å²) in [4.78, 5) is 12.3. The Morgan fingerprint density at radius 2 is 1.86 bits per heavy atom. The second kappa shape index (κ2) is 11.4. The van der Waals surface area contributed by atoms with Gasteiger partial charge in [-0.05, 0) is 61.4 Å². The molecule has 0 bridgehead atoms. The fraction of sp³-hybridized carbons (Fsp3) is 0.273. The Morgan fingerprint density at radius 1 is 1.07 bits per heavy atom. The number of hydrazone groups is 1. The maximum Gasteiger partial charge on any atom is 0.271 e. The van der Waals surface area contributed by atoms with E-state index in [1.54, 1.807) is 30.5 Å². The van der Waals surface area contributed by atoms with E-state index in [0.29, 0.717) is 36.9 Å². The first-order valence-electron chi connectivity index (χ1n) is 9.24. The molecular formula is C22H26N2O4. The van der Waals surface area contributed by atoms with Gasteiger partial charge in [-0.3, -0.25) is 4.79 Å². The quantitative estimate of drug-likeness (QED) is 0.359. The fourth-order valence-electron chi connectivity index (χ4n) is 2.28. The molecule has 148 valence electrons. The van der Waals surface area contributed by atoms with Crippen LogP contribution in [0.25, 0.3) is 0 Å². The lowest BCUT2D eigenvalue weighted by Gasteiger charge is -2.12. The van der Waals surface area contributed by atoms with Gasteiger partial charge in [-0.25, -0.2) is 5.43 Å². The summed E-state index contributed by atoms with van der Waals surface area (Å²) in [6.07, 6.45) is 4.14. The van der Waals surface area contributed by atoms with Crippen molar-refractivity contribution in [2.45, 2.75) is 20.3 Å². The molecule has 0 saturated heterocycles. The molecule has 0 fully saturated rings. The van der Waals surface area contributed by atoms with Crippen LogP contribution in [0.15, 0.2) is 60.2 Å². The van der Waals surface area contributed by atoms with E-state index in [2.05, 4.69) is 17.1 Å². The van der Waals surface area contributed by atoms with Crippen LogP contribution in [0.4, 0.5) is 0 Å². The first kappa shape index (κ1) is 21.0. The fourth-order valence-corrected chi connectivity index (χ4v) is 2.28. The highest BCUT2D eigenvalue weighted by molar-refractivity contribution is 5.95. The monoisotopic (exact) mass is 382 g/mol. The standard InChI is InChI=1S/C22H26N2O4/c1-4-13-27-19-10-7-17(8-11-19)16-23-24-22(25)18-9-12-20(28-14-5-2)21(15-18)26-6-3/h4,7-12,15-16H,1,5-6,13-14H2,2-3H3,(H,24,25)/b23-16+. The molecule has 2 rings (SSSR count). The van der Waals surface area contributed by atoms with E-state index >= 15 is 0 Å². The largest absolute Gasteiger partial charge is 0.490 e. The normalized spacial score (nSPS) is 10.5. The van der Waals surface area contributed by atoms with E-state index < -0.39 is 0 Å². The predicted molar refractivity (Wildman–Crippen MR) is 111 cm³/mol. The molecule has 0 saturated carbocycles. The Hall–Kier alpha value is -3.28. The number of ether oxygens (including phenoxy) is 3. The van der Waals surface area contributed by atoms with Crippen LogP contribution in [0.1, 0.15) is 36.2 Å². The van der Waals surface area contributed by atoms with Gasteiger partial charge in [0.15, 0.2) is 11.5 Å². The van der Waals surface area contributed by atoms with E-state index in [1.807, 2.05) is 38.1 Å². The van der Waals surface area contributed by atoms with Crippen LogP contribution >= 0.6 is 0 Å². The van der Waals surface area contributed by atoms with E-state index in [1.165, 1.54) is 0 Å². The van der Waals surface area contributed by atoms with Gasteiger partial charge in [-0.15, -0.1) is 0 Å². The molecule has 1 N–H and O–H groups in total. The zero-order valence-corrected chi connectivity index (χ0v) is 16.3. The third kappa shape index (κ3) is 6.46. The number of rotatable bonds is 11. The summed E-state index contributed by atoms with van der Waals surface area (Å²) in [5.74, 6) is 1.59. The molecule has 28 heavy (non-hydrogen) atoms. The molecule has 0 spiro atoms. The van der Waals surface area contributed by atoms with Crippen molar-refractivity contribution in [1.82, 2.24) is 5.43 Å². The van der Waals surface area contributed by atoms with E-state index in [-0.39, 0.29) is 5.91 Å². The van der Waals surface area contributed by atoms with E-state index in [0.717, 1.165) is 17.7 Å².